The largest absolute Gasteiger partial charge is 0.375 e. The Kier molecular flexibility index (Phi) is 10.2. The first-order valence-corrected chi connectivity index (χ1v) is 7.38. The molecule has 0 unspecified atom stereocenters. The average molecular weight is 265 g/mol. The Morgan fingerprint density at radius 2 is 1.88 bits per heavy atom. The summed E-state index contributed by atoms with van der Waals surface area (Å²) < 4.78 is 27.3. The molecule has 0 aliphatic rings. The Morgan fingerprint density at radius 1 is 1.24 bits per heavy atom. The molecule has 0 amide bonds. The van der Waals surface area contributed by atoms with Crippen molar-refractivity contribution in [3.8, 4) is 0 Å². The molecule has 7 nitrogen and oxygen atoms in total. The molecule has 0 heterocycles. The van der Waals surface area contributed by atoms with Crippen LogP contribution < -0.4 is 0 Å². The van der Waals surface area contributed by atoms with Crippen molar-refractivity contribution in [3.05, 3.63) is 10.4 Å². The molecule has 0 aromatic carbocycles. The molecule has 0 spiro atoms. The van der Waals surface area contributed by atoms with Crippen molar-refractivity contribution in [2.24, 2.45) is 5.11 Å². The topological polar surface area (TPSA) is 93.5 Å². The highest BCUT2D eigenvalue weighted by Crippen LogP contribution is 2.48. The lowest BCUT2D eigenvalue weighted by molar-refractivity contribution is 0.137. The second-order valence-corrected chi connectivity index (χ2v) is 5.33. The zero-order chi connectivity index (χ0) is 13.0. The van der Waals surface area contributed by atoms with Gasteiger partial charge in [0, 0.05) is 11.5 Å². The maximum atomic E-state index is 12.0. The predicted molar refractivity (Wildman–Crippen MR) is 64.9 cm³/mol. The molecule has 0 aromatic rings. The van der Waals surface area contributed by atoms with Gasteiger partial charge in [0.1, 0.15) is 6.73 Å². The zero-order valence-corrected chi connectivity index (χ0v) is 11.3. The number of unbranched alkanes of at least 4 members (excludes halogenated alkanes) is 1. The summed E-state index contributed by atoms with van der Waals surface area (Å²) in [6.07, 6.45) is 1.80. The van der Waals surface area contributed by atoms with E-state index in [1.165, 1.54) is 0 Å². The predicted octanol–water partition coefficient (Wildman–Crippen LogP) is 3.32. The smallest absolute Gasteiger partial charge is 0.330 e. The number of nitrogens with zero attached hydrogens (tertiary/aromatic N) is 3. The minimum absolute atomic E-state index is 0.0328. The molecule has 0 fully saturated rings. The molecule has 0 aliphatic heterocycles. The van der Waals surface area contributed by atoms with Crippen LogP contribution in [0.1, 0.15) is 26.7 Å². The fourth-order valence-corrected chi connectivity index (χ4v) is 2.93. The van der Waals surface area contributed by atoms with E-state index >= 15 is 0 Å². The van der Waals surface area contributed by atoms with Gasteiger partial charge in [-0.15, -0.1) is 0 Å². The molecular weight excluding hydrogens is 245 g/mol. The highest BCUT2D eigenvalue weighted by atomic mass is 31.2. The quantitative estimate of drug-likeness (QED) is 0.188. The van der Waals surface area contributed by atoms with Gasteiger partial charge in [0.25, 0.3) is 0 Å². The molecule has 0 aliphatic carbocycles. The van der Waals surface area contributed by atoms with Crippen LogP contribution in [0.2, 0.25) is 0 Å². The number of ether oxygens (including phenoxy) is 1. The van der Waals surface area contributed by atoms with Gasteiger partial charge < -0.3 is 13.8 Å². The van der Waals surface area contributed by atoms with Crippen molar-refractivity contribution in [2.45, 2.75) is 26.7 Å². The van der Waals surface area contributed by atoms with Crippen molar-refractivity contribution in [3.63, 3.8) is 0 Å². The lowest BCUT2D eigenvalue weighted by Gasteiger charge is -2.16. The second kappa shape index (κ2) is 10.6. The van der Waals surface area contributed by atoms with E-state index < -0.39 is 7.60 Å². The minimum atomic E-state index is -2.92. The molecule has 100 valence electrons. The highest BCUT2D eigenvalue weighted by molar-refractivity contribution is 7.53. The van der Waals surface area contributed by atoms with Crippen LogP contribution in [0.15, 0.2) is 5.11 Å². The first-order chi connectivity index (χ1) is 8.18. The molecule has 0 atom stereocenters. The molecular formula is C9H20N3O4P. The van der Waals surface area contributed by atoms with Crippen LogP contribution in [-0.2, 0) is 18.3 Å². The maximum absolute atomic E-state index is 12.0. The zero-order valence-electron chi connectivity index (χ0n) is 10.4. The van der Waals surface area contributed by atoms with E-state index in [1.807, 2.05) is 0 Å². The normalized spacial score (nSPS) is 11.2. The summed E-state index contributed by atoms with van der Waals surface area (Å²) in [5.74, 6) is 0. The molecule has 17 heavy (non-hydrogen) atoms. The number of rotatable bonds is 11. The third-order valence-electron chi connectivity index (χ3n) is 1.83. The first-order valence-electron chi connectivity index (χ1n) is 5.65. The summed E-state index contributed by atoms with van der Waals surface area (Å²) in [7, 11) is -2.92. The molecule has 0 rings (SSSR count). The van der Waals surface area contributed by atoms with Crippen molar-refractivity contribution in [1.29, 1.82) is 0 Å². The van der Waals surface area contributed by atoms with Crippen LogP contribution in [-0.4, -0.2) is 32.7 Å². The SMILES string of the molecule is CCOP(=O)(CCCCOCN=[N+]=[N-])OCC. The number of hydrogen-bond donors (Lipinski definition) is 0. The summed E-state index contributed by atoms with van der Waals surface area (Å²) in [6.45, 7) is 4.83. The Balaban J connectivity index is 3.68. The van der Waals surface area contributed by atoms with Crippen molar-refractivity contribution in [2.75, 3.05) is 32.7 Å². The van der Waals surface area contributed by atoms with Crippen molar-refractivity contribution >= 4 is 7.60 Å². The van der Waals surface area contributed by atoms with Gasteiger partial charge in [-0.1, -0.05) is 5.11 Å². The van der Waals surface area contributed by atoms with E-state index in [1.54, 1.807) is 13.8 Å². The highest BCUT2D eigenvalue weighted by Gasteiger charge is 2.22. The van der Waals surface area contributed by atoms with Gasteiger partial charge in [-0.25, -0.2) is 0 Å². The molecule has 0 bridgehead atoms. The molecule has 0 saturated heterocycles. The molecule has 8 heteroatoms. The van der Waals surface area contributed by atoms with E-state index in [0.717, 1.165) is 6.42 Å². The lowest BCUT2D eigenvalue weighted by atomic mass is 10.4. The van der Waals surface area contributed by atoms with Gasteiger partial charge in [0.15, 0.2) is 0 Å². The van der Waals surface area contributed by atoms with Crippen LogP contribution >= 0.6 is 7.60 Å². The van der Waals surface area contributed by atoms with Crippen LogP contribution in [0.5, 0.6) is 0 Å². The Labute approximate surface area is 102 Å². The fourth-order valence-electron chi connectivity index (χ4n) is 1.20. The molecule has 0 radical (unpaired) electrons. The van der Waals surface area contributed by atoms with E-state index in [-0.39, 0.29) is 6.73 Å². The summed E-state index contributed by atoms with van der Waals surface area (Å²) in [4.78, 5) is 2.56. The van der Waals surface area contributed by atoms with Crippen molar-refractivity contribution in [1.82, 2.24) is 0 Å². The first kappa shape index (κ1) is 16.4. The molecule has 0 aromatic heterocycles. The Hall–Kier alpha value is -0.580. The van der Waals surface area contributed by atoms with Gasteiger partial charge in [-0.05, 0) is 32.2 Å². The standard InChI is InChI=1S/C9H20N3O4P/c1-3-15-17(13,16-4-2)8-6-5-7-14-9-11-12-10/h3-9H2,1-2H3. The van der Waals surface area contributed by atoms with Gasteiger partial charge in [0.05, 0.1) is 19.4 Å². The van der Waals surface area contributed by atoms with Crippen molar-refractivity contribution < 1.29 is 18.3 Å². The van der Waals surface area contributed by atoms with Gasteiger partial charge in [-0.3, -0.25) is 4.57 Å². The minimum Gasteiger partial charge on any atom is -0.375 e. The van der Waals surface area contributed by atoms with Crippen LogP contribution in [0.4, 0.5) is 0 Å². The number of hydrogen-bond acceptors (Lipinski definition) is 5. The van der Waals surface area contributed by atoms with Crippen LogP contribution in [0.3, 0.4) is 0 Å². The summed E-state index contributed by atoms with van der Waals surface area (Å²) in [5, 5.41) is 3.23. The summed E-state index contributed by atoms with van der Waals surface area (Å²) >= 11 is 0. The summed E-state index contributed by atoms with van der Waals surface area (Å²) in [5.41, 5.74) is 8.00. The lowest BCUT2D eigenvalue weighted by Crippen LogP contribution is -2.02. The monoisotopic (exact) mass is 265 g/mol. The van der Waals surface area contributed by atoms with Gasteiger partial charge >= 0.3 is 7.60 Å². The van der Waals surface area contributed by atoms with Gasteiger partial charge in [0.2, 0.25) is 0 Å². The third-order valence-corrected chi connectivity index (χ3v) is 4.00. The number of azide groups is 1. The Morgan fingerprint density at radius 3 is 2.41 bits per heavy atom. The van der Waals surface area contributed by atoms with E-state index in [2.05, 4.69) is 10.0 Å². The van der Waals surface area contributed by atoms with E-state index in [0.29, 0.717) is 32.4 Å². The van der Waals surface area contributed by atoms with E-state index in [9.17, 15) is 4.57 Å². The average Bonchev–Trinajstić information content (AvgIpc) is 2.28. The van der Waals surface area contributed by atoms with Gasteiger partial charge in [-0.2, -0.15) is 0 Å². The second-order valence-electron chi connectivity index (χ2n) is 3.15. The molecule has 0 N–H and O–H groups in total. The summed E-state index contributed by atoms with van der Waals surface area (Å²) in [6, 6.07) is 0. The maximum Gasteiger partial charge on any atom is 0.330 e. The van der Waals surface area contributed by atoms with E-state index in [4.69, 9.17) is 19.3 Å². The fraction of sp³-hybridized carbons (Fsp3) is 1.00. The van der Waals surface area contributed by atoms with Crippen LogP contribution in [0, 0.1) is 0 Å². The Bertz CT molecular complexity index is 271. The van der Waals surface area contributed by atoms with Crippen LogP contribution in [0.25, 0.3) is 10.4 Å². The molecule has 0 saturated carbocycles. The third kappa shape index (κ3) is 9.15.